The lowest BCUT2D eigenvalue weighted by molar-refractivity contribution is 0.0926. The molecule has 1 aliphatic heterocycles. The monoisotopic (exact) mass is 340 g/mol. The van der Waals surface area contributed by atoms with Gasteiger partial charge in [-0.25, -0.2) is 4.90 Å². The van der Waals surface area contributed by atoms with Gasteiger partial charge in [0.1, 0.15) is 0 Å². The molecule has 1 heterocycles. The molecule has 2 aromatic carbocycles. The fraction of sp³-hybridized carbons (Fsp3) is 0.0625. The second-order valence-electron chi connectivity index (χ2n) is 4.75. The first-order valence-electron chi connectivity index (χ1n) is 6.22. The van der Waals surface area contributed by atoms with Crippen LogP contribution < -0.4 is 4.90 Å². The number of anilines is 1. The fourth-order valence-corrected chi connectivity index (χ4v) is 2.71. The molecule has 0 bridgehead atoms. The van der Waals surface area contributed by atoms with Crippen LogP contribution in [0.2, 0.25) is 0 Å². The average molecular weight is 341 g/mol. The van der Waals surface area contributed by atoms with Gasteiger partial charge in [0.15, 0.2) is 0 Å². The van der Waals surface area contributed by atoms with Gasteiger partial charge in [-0.05, 0) is 42.8 Å². The van der Waals surface area contributed by atoms with Gasteiger partial charge in [0, 0.05) is 4.47 Å². The van der Waals surface area contributed by atoms with E-state index >= 15 is 0 Å². The lowest BCUT2D eigenvalue weighted by Gasteiger charge is -2.16. The number of fused-ring (bicyclic) bond motifs is 1. The molecule has 0 spiro atoms. The minimum Gasteiger partial charge on any atom is -0.268 e. The number of carbonyl (C=O) groups excluding carboxylic acids is 2. The van der Waals surface area contributed by atoms with Gasteiger partial charge in [-0.1, -0.05) is 22.0 Å². The molecular formula is C16H9BrN2O2. The minimum absolute atomic E-state index is 0.360. The molecule has 0 atom stereocenters. The molecular weight excluding hydrogens is 332 g/mol. The van der Waals surface area contributed by atoms with E-state index < -0.39 is 0 Å². The molecule has 4 nitrogen and oxygen atoms in total. The molecule has 0 aromatic heterocycles. The maximum absolute atomic E-state index is 12.5. The van der Waals surface area contributed by atoms with E-state index in [4.69, 9.17) is 5.26 Å². The third-order valence-corrected chi connectivity index (χ3v) is 3.92. The Bertz CT molecular complexity index is 837. The van der Waals surface area contributed by atoms with Crippen LogP contribution in [0.15, 0.2) is 40.9 Å². The Balaban J connectivity index is 2.17. The van der Waals surface area contributed by atoms with E-state index in [-0.39, 0.29) is 11.8 Å². The summed E-state index contributed by atoms with van der Waals surface area (Å²) < 4.78 is 0.742. The molecule has 0 aliphatic carbocycles. The summed E-state index contributed by atoms with van der Waals surface area (Å²) in [6.07, 6.45) is 0. The zero-order chi connectivity index (χ0) is 15.1. The van der Waals surface area contributed by atoms with Crippen molar-refractivity contribution in [1.29, 1.82) is 5.26 Å². The Kier molecular flexibility index (Phi) is 3.11. The molecule has 21 heavy (non-hydrogen) atoms. The lowest BCUT2D eigenvalue weighted by Crippen LogP contribution is -2.30. The number of benzene rings is 2. The molecule has 3 rings (SSSR count). The summed E-state index contributed by atoms with van der Waals surface area (Å²) in [7, 11) is 0. The smallest absolute Gasteiger partial charge is 0.266 e. The van der Waals surface area contributed by atoms with Crippen molar-refractivity contribution < 1.29 is 9.59 Å². The van der Waals surface area contributed by atoms with E-state index in [1.165, 1.54) is 0 Å². The highest BCUT2D eigenvalue weighted by Gasteiger charge is 2.37. The van der Waals surface area contributed by atoms with E-state index in [9.17, 15) is 9.59 Å². The van der Waals surface area contributed by atoms with Crippen LogP contribution >= 0.6 is 15.9 Å². The van der Waals surface area contributed by atoms with Crippen LogP contribution in [0.1, 0.15) is 31.8 Å². The average Bonchev–Trinajstić information content (AvgIpc) is 2.71. The molecule has 1 aliphatic rings. The van der Waals surface area contributed by atoms with Crippen LogP contribution in [0.5, 0.6) is 0 Å². The first-order valence-corrected chi connectivity index (χ1v) is 7.01. The van der Waals surface area contributed by atoms with Crippen LogP contribution in [0.25, 0.3) is 0 Å². The van der Waals surface area contributed by atoms with Gasteiger partial charge in [-0.3, -0.25) is 9.59 Å². The summed E-state index contributed by atoms with van der Waals surface area (Å²) in [4.78, 5) is 26.1. The van der Waals surface area contributed by atoms with Gasteiger partial charge >= 0.3 is 0 Å². The normalized spacial score (nSPS) is 13.3. The van der Waals surface area contributed by atoms with Gasteiger partial charge in [0.25, 0.3) is 11.8 Å². The van der Waals surface area contributed by atoms with Crippen LogP contribution in [0.4, 0.5) is 5.69 Å². The van der Waals surface area contributed by atoms with Crippen LogP contribution in [0, 0.1) is 18.3 Å². The van der Waals surface area contributed by atoms with E-state index in [0.29, 0.717) is 22.4 Å². The maximum atomic E-state index is 12.5. The standard InChI is InChI=1S/C16H9BrN2O2/c1-9-2-3-10(8-18)6-14(9)19-15(20)12-5-4-11(17)7-13(12)16(19)21/h2-7H,1H3. The quantitative estimate of drug-likeness (QED) is 0.747. The zero-order valence-corrected chi connectivity index (χ0v) is 12.6. The number of nitrogens with zero attached hydrogens (tertiary/aromatic N) is 2. The van der Waals surface area contributed by atoms with Crippen molar-refractivity contribution in [3.63, 3.8) is 0 Å². The van der Waals surface area contributed by atoms with Crippen LogP contribution in [-0.2, 0) is 0 Å². The lowest BCUT2D eigenvalue weighted by atomic mass is 10.1. The third kappa shape index (κ3) is 2.05. The van der Waals surface area contributed by atoms with E-state index in [1.54, 1.807) is 43.3 Å². The molecule has 102 valence electrons. The van der Waals surface area contributed by atoms with Gasteiger partial charge in [0.05, 0.1) is 28.4 Å². The fourth-order valence-electron chi connectivity index (χ4n) is 2.35. The minimum atomic E-state index is -0.366. The van der Waals surface area contributed by atoms with E-state index in [1.807, 2.05) is 6.07 Å². The second kappa shape index (κ2) is 4.83. The maximum Gasteiger partial charge on any atom is 0.266 e. The first kappa shape index (κ1) is 13.5. The Morgan fingerprint density at radius 3 is 2.48 bits per heavy atom. The van der Waals surface area contributed by atoms with Crippen molar-refractivity contribution in [2.75, 3.05) is 4.90 Å². The number of hydrogen-bond donors (Lipinski definition) is 0. The Morgan fingerprint density at radius 1 is 1.05 bits per heavy atom. The number of imide groups is 1. The number of halogens is 1. The van der Waals surface area contributed by atoms with Gasteiger partial charge in [0.2, 0.25) is 0 Å². The highest BCUT2D eigenvalue weighted by molar-refractivity contribution is 9.10. The van der Waals surface area contributed by atoms with Crippen LogP contribution in [-0.4, -0.2) is 11.8 Å². The number of aryl methyl sites for hydroxylation is 1. The van der Waals surface area contributed by atoms with Gasteiger partial charge in [-0.2, -0.15) is 5.26 Å². The number of amides is 2. The molecule has 2 aromatic rings. The molecule has 0 saturated heterocycles. The van der Waals surface area contributed by atoms with Crippen molar-refractivity contribution >= 4 is 33.4 Å². The number of nitriles is 1. The predicted molar refractivity (Wildman–Crippen MR) is 81.2 cm³/mol. The molecule has 0 fully saturated rings. The highest BCUT2D eigenvalue weighted by atomic mass is 79.9. The van der Waals surface area contributed by atoms with E-state index in [0.717, 1.165) is 14.9 Å². The molecule has 0 saturated carbocycles. The van der Waals surface area contributed by atoms with Crippen molar-refractivity contribution in [3.05, 3.63) is 63.1 Å². The number of carbonyl (C=O) groups is 2. The topological polar surface area (TPSA) is 61.2 Å². The highest BCUT2D eigenvalue weighted by Crippen LogP contribution is 2.32. The first-order chi connectivity index (χ1) is 10.0. The Morgan fingerprint density at radius 2 is 1.76 bits per heavy atom. The summed E-state index contributed by atoms with van der Waals surface area (Å²) in [5.41, 5.74) is 2.38. The van der Waals surface area contributed by atoms with Crippen molar-refractivity contribution in [2.24, 2.45) is 0 Å². The zero-order valence-electron chi connectivity index (χ0n) is 11.1. The third-order valence-electron chi connectivity index (χ3n) is 3.43. The Labute approximate surface area is 129 Å². The SMILES string of the molecule is Cc1ccc(C#N)cc1N1C(=O)c2ccc(Br)cc2C1=O. The van der Waals surface area contributed by atoms with E-state index in [2.05, 4.69) is 15.9 Å². The molecule has 2 amide bonds. The van der Waals surface area contributed by atoms with Crippen molar-refractivity contribution in [1.82, 2.24) is 0 Å². The second-order valence-corrected chi connectivity index (χ2v) is 5.66. The van der Waals surface area contributed by atoms with Crippen molar-refractivity contribution in [3.8, 4) is 6.07 Å². The van der Waals surface area contributed by atoms with Gasteiger partial charge in [-0.15, -0.1) is 0 Å². The molecule has 5 heteroatoms. The van der Waals surface area contributed by atoms with Crippen LogP contribution in [0.3, 0.4) is 0 Å². The Hall–Kier alpha value is -2.45. The van der Waals surface area contributed by atoms with Crippen molar-refractivity contribution in [2.45, 2.75) is 6.92 Å². The number of hydrogen-bond acceptors (Lipinski definition) is 3. The van der Waals surface area contributed by atoms with Gasteiger partial charge < -0.3 is 0 Å². The summed E-state index contributed by atoms with van der Waals surface area (Å²) in [5, 5.41) is 8.99. The predicted octanol–water partition coefficient (Wildman–Crippen LogP) is 3.43. The summed E-state index contributed by atoms with van der Waals surface area (Å²) in [6.45, 7) is 1.80. The largest absolute Gasteiger partial charge is 0.268 e. The summed E-state index contributed by atoms with van der Waals surface area (Å²) in [5.74, 6) is -0.727. The summed E-state index contributed by atoms with van der Waals surface area (Å²) in [6, 6.07) is 12.0. The molecule has 0 N–H and O–H groups in total. The molecule has 0 unspecified atom stereocenters. The summed E-state index contributed by atoms with van der Waals surface area (Å²) >= 11 is 3.30. The molecule has 0 radical (unpaired) electrons. The number of rotatable bonds is 1.